The second-order valence-corrected chi connectivity index (χ2v) is 14.7. The van der Waals surface area contributed by atoms with Crippen LogP contribution < -0.4 is 14.8 Å². The van der Waals surface area contributed by atoms with Gasteiger partial charge in [-0.3, -0.25) is 0 Å². The molecular formula is C36H39Cl2N3O5S. The van der Waals surface area contributed by atoms with Gasteiger partial charge in [0.2, 0.25) is 10.0 Å². The van der Waals surface area contributed by atoms with Crippen LogP contribution in [-0.4, -0.2) is 43.8 Å². The smallest absolute Gasteiger partial charge is 0.321 e. The first-order chi connectivity index (χ1) is 22.4. The molecule has 0 atom stereocenters. The quantitative estimate of drug-likeness (QED) is 0.179. The van der Waals surface area contributed by atoms with Gasteiger partial charge in [-0.1, -0.05) is 66.0 Å². The van der Waals surface area contributed by atoms with Crippen LogP contribution >= 0.6 is 23.2 Å². The van der Waals surface area contributed by atoms with Crippen molar-refractivity contribution in [3.05, 3.63) is 111 Å². The minimum atomic E-state index is -3.77. The van der Waals surface area contributed by atoms with Gasteiger partial charge >= 0.3 is 6.03 Å². The van der Waals surface area contributed by atoms with Crippen LogP contribution in [0.3, 0.4) is 0 Å². The highest BCUT2D eigenvalue weighted by atomic mass is 35.5. The Morgan fingerprint density at radius 3 is 2.19 bits per heavy atom. The zero-order valence-electron chi connectivity index (χ0n) is 27.0. The van der Waals surface area contributed by atoms with Crippen LogP contribution in [-0.2, 0) is 23.2 Å². The van der Waals surface area contributed by atoms with Crippen molar-refractivity contribution in [1.82, 2.24) is 9.21 Å². The van der Waals surface area contributed by atoms with Crippen molar-refractivity contribution >= 4 is 44.9 Å². The number of benzene rings is 4. The first kappa shape index (κ1) is 34.6. The van der Waals surface area contributed by atoms with Gasteiger partial charge in [-0.15, -0.1) is 0 Å². The van der Waals surface area contributed by atoms with Crippen molar-refractivity contribution in [3.63, 3.8) is 0 Å². The number of carbonyl (C=O) groups excluding carboxylic acids is 1. The van der Waals surface area contributed by atoms with Crippen LogP contribution in [0.1, 0.15) is 47.1 Å². The normalized spacial score (nSPS) is 13.7. The molecule has 1 fully saturated rings. The number of ether oxygens (including phenoxy) is 2. The van der Waals surface area contributed by atoms with E-state index in [1.54, 1.807) is 25.2 Å². The number of anilines is 1. The largest absolute Gasteiger partial charge is 0.488 e. The Morgan fingerprint density at radius 1 is 0.872 bits per heavy atom. The van der Waals surface area contributed by atoms with E-state index in [-0.39, 0.29) is 16.3 Å². The highest BCUT2D eigenvalue weighted by molar-refractivity contribution is 7.89. The number of halogens is 2. The van der Waals surface area contributed by atoms with Crippen LogP contribution in [0.15, 0.2) is 77.7 Å². The van der Waals surface area contributed by atoms with E-state index in [0.717, 1.165) is 47.3 Å². The van der Waals surface area contributed by atoms with Gasteiger partial charge < -0.3 is 19.7 Å². The minimum absolute atomic E-state index is 0.0707. The summed E-state index contributed by atoms with van der Waals surface area (Å²) >= 11 is 12.4. The summed E-state index contributed by atoms with van der Waals surface area (Å²) in [6.07, 6.45) is 2.61. The second kappa shape index (κ2) is 15.0. The molecule has 11 heteroatoms. The molecule has 1 saturated heterocycles. The number of hydrogen-bond acceptors (Lipinski definition) is 5. The van der Waals surface area contributed by atoms with Crippen molar-refractivity contribution in [3.8, 4) is 17.2 Å². The van der Waals surface area contributed by atoms with Gasteiger partial charge in [0.25, 0.3) is 0 Å². The van der Waals surface area contributed by atoms with Gasteiger partial charge in [0.15, 0.2) is 5.75 Å². The lowest BCUT2D eigenvalue weighted by Crippen LogP contribution is -2.35. The topological polar surface area (TPSA) is 88.2 Å². The lowest BCUT2D eigenvalue weighted by atomic mass is 10.0. The molecule has 4 aromatic carbocycles. The number of piperidine rings is 1. The number of urea groups is 1. The maximum atomic E-state index is 13.6. The Hall–Kier alpha value is -3.76. The Balaban J connectivity index is 1.35. The summed E-state index contributed by atoms with van der Waals surface area (Å²) < 4.78 is 40.8. The highest BCUT2D eigenvalue weighted by Crippen LogP contribution is 2.36. The molecule has 5 rings (SSSR count). The average molecular weight is 697 g/mol. The number of nitrogens with zero attached hydrogens (tertiary/aromatic N) is 2. The van der Waals surface area contributed by atoms with E-state index in [2.05, 4.69) is 24.4 Å². The minimum Gasteiger partial charge on any atom is -0.488 e. The molecule has 1 N–H and O–H groups in total. The number of sulfonamides is 1. The first-order valence-electron chi connectivity index (χ1n) is 15.5. The fourth-order valence-corrected chi connectivity index (χ4v) is 7.71. The molecule has 1 heterocycles. The summed E-state index contributed by atoms with van der Waals surface area (Å²) in [6.45, 7) is 7.73. The van der Waals surface area contributed by atoms with Gasteiger partial charge in [0.05, 0.1) is 10.6 Å². The fraction of sp³-hybridized carbons (Fsp3) is 0.306. The van der Waals surface area contributed by atoms with Crippen LogP contribution in [0.4, 0.5) is 10.5 Å². The molecule has 0 radical (unpaired) electrons. The zero-order chi connectivity index (χ0) is 33.7. The van der Waals surface area contributed by atoms with E-state index >= 15 is 0 Å². The van der Waals surface area contributed by atoms with E-state index in [9.17, 15) is 13.2 Å². The van der Waals surface area contributed by atoms with Gasteiger partial charge in [0, 0.05) is 36.7 Å². The predicted molar refractivity (Wildman–Crippen MR) is 188 cm³/mol. The van der Waals surface area contributed by atoms with Gasteiger partial charge in [-0.2, -0.15) is 4.31 Å². The monoisotopic (exact) mass is 695 g/mol. The number of rotatable bonds is 10. The van der Waals surface area contributed by atoms with Crippen molar-refractivity contribution in [1.29, 1.82) is 0 Å². The molecule has 8 nitrogen and oxygen atoms in total. The molecule has 1 aliphatic heterocycles. The number of aryl methyl sites for hydroxylation is 3. The van der Waals surface area contributed by atoms with Gasteiger partial charge in [0.1, 0.15) is 18.1 Å². The SMILES string of the molecule is Cc1ccccc1COc1c(C)cc(CN(C)C(=O)Nc2cc(S(=O)(=O)N3CCCCC3)ccc2Oc2cc(Cl)cc(Cl)c2)cc1C. The molecule has 47 heavy (non-hydrogen) atoms. The lowest BCUT2D eigenvalue weighted by molar-refractivity contribution is 0.220. The third-order valence-corrected chi connectivity index (χ3v) is 10.5. The Morgan fingerprint density at radius 2 is 1.53 bits per heavy atom. The molecule has 0 spiro atoms. The van der Waals surface area contributed by atoms with E-state index in [1.165, 1.54) is 33.0 Å². The maximum absolute atomic E-state index is 13.6. The summed E-state index contributed by atoms with van der Waals surface area (Å²) in [5.74, 6) is 1.40. The molecule has 0 unspecified atom stereocenters. The van der Waals surface area contributed by atoms with Crippen LogP contribution in [0, 0.1) is 20.8 Å². The highest BCUT2D eigenvalue weighted by Gasteiger charge is 2.27. The summed E-state index contributed by atoms with van der Waals surface area (Å²) in [6, 6.07) is 20.9. The van der Waals surface area contributed by atoms with E-state index in [1.807, 2.05) is 38.1 Å². The van der Waals surface area contributed by atoms with Crippen LogP contribution in [0.2, 0.25) is 10.0 Å². The van der Waals surface area contributed by atoms with Crippen molar-refractivity contribution < 1.29 is 22.7 Å². The molecule has 1 aliphatic rings. The number of hydrogen-bond donors (Lipinski definition) is 1. The van der Waals surface area contributed by atoms with Crippen molar-refractivity contribution in [2.24, 2.45) is 0 Å². The average Bonchev–Trinajstić information content (AvgIpc) is 3.02. The summed E-state index contributed by atoms with van der Waals surface area (Å²) in [5.41, 5.74) is 5.35. The summed E-state index contributed by atoms with van der Waals surface area (Å²) in [5, 5.41) is 3.62. The molecule has 4 aromatic rings. The first-order valence-corrected chi connectivity index (χ1v) is 17.7. The number of carbonyl (C=O) groups is 1. The lowest BCUT2D eigenvalue weighted by Gasteiger charge is -2.26. The Kier molecular flexibility index (Phi) is 11.0. The molecule has 248 valence electrons. The fourth-order valence-electron chi connectivity index (χ4n) is 5.66. The molecule has 2 amide bonds. The summed E-state index contributed by atoms with van der Waals surface area (Å²) in [4.78, 5) is 15.1. The summed E-state index contributed by atoms with van der Waals surface area (Å²) in [7, 11) is -2.10. The Bertz CT molecular complexity index is 1830. The predicted octanol–water partition coefficient (Wildman–Crippen LogP) is 9.13. The number of nitrogens with one attached hydrogen (secondary N) is 1. The molecular weight excluding hydrogens is 657 g/mol. The van der Waals surface area contributed by atoms with E-state index < -0.39 is 16.1 Å². The Labute approximate surface area is 287 Å². The third kappa shape index (κ3) is 8.59. The third-order valence-electron chi connectivity index (χ3n) is 8.13. The molecule has 0 bridgehead atoms. The van der Waals surface area contributed by atoms with Gasteiger partial charge in [-0.05, 0) is 97.8 Å². The van der Waals surface area contributed by atoms with Gasteiger partial charge in [-0.25, -0.2) is 13.2 Å². The molecule has 0 aromatic heterocycles. The number of amides is 2. The van der Waals surface area contributed by atoms with E-state index in [4.69, 9.17) is 32.7 Å². The van der Waals surface area contributed by atoms with Crippen molar-refractivity contribution in [2.75, 3.05) is 25.5 Å². The molecule has 0 saturated carbocycles. The second-order valence-electron chi connectivity index (χ2n) is 11.9. The van der Waals surface area contributed by atoms with E-state index in [0.29, 0.717) is 42.0 Å². The standard InChI is InChI=1S/C36H39Cl2N3O5S/c1-24-10-6-7-11-28(24)23-45-35-25(2)16-27(17-26(35)3)22-40(4)36(42)39-33-21-32(47(43,44)41-14-8-5-9-15-41)12-13-34(33)46-31-19-29(37)18-30(38)20-31/h6-7,10-13,16-21H,5,8-9,14-15,22-23H2,1-4H3,(H,39,42). The van der Waals surface area contributed by atoms with Crippen LogP contribution in [0.5, 0.6) is 17.2 Å². The van der Waals surface area contributed by atoms with Crippen LogP contribution in [0.25, 0.3) is 0 Å². The molecule has 0 aliphatic carbocycles. The van der Waals surface area contributed by atoms with Crippen molar-refractivity contribution in [2.45, 2.75) is 58.1 Å². The zero-order valence-corrected chi connectivity index (χ0v) is 29.3. The maximum Gasteiger partial charge on any atom is 0.321 e.